The Kier molecular flexibility index (Phi) is 4.36. The van der Waals surface area contributed by atoms with Crippen molar-refractivity contribution >= 4 is 38.3 Å². The molecule has 0 radical (unpaired) electrons. The number of rotatable bonds is 2. The molecule has 1 N–H and O–H groups in total. The van der Waals surface area contributed by atoms with Crippen LogP contribution < -0.4 is 0 Å². The minimum atomic E-state index is -0.443. The molecule has 3 aromatic rings. The van der Waals surface area contributed by atoms with Gasteiger partial charge in [-0.2, -0.15) is 0 Å². The van der Waals surface area contributed by atoms with Crippen LogP contribution in [0.5, 0.6) is 0 Å². The zero-order valence-electron chi connectivity index (χ0n) is 13.7. The van der Waals surface area contributed by atoms with E-state index < -0.39 is 5.82 Å². The van der Waals surface area contributed by atoms with Crippen LogP contribution in [0.3, 0.4) is 0 Å². The number of nitrogens with one attached hydrogen (secondary N) is 1. The SMILES string of the molecule is O=C(c1cc(F)cc(Br)c1)N1CC=C(c2c[nH]c3cc(F)ccc23)CC1. The lowest BCUT2D eigenvalue weighted by Crippen LogP contribution is -2.34. The van der Waals surface area contributed by atoms with Crippen molar-refractivity contribution in [3.05, 3.63) is 75.9 Å². The van der Waals surface area contributed by atoms with Crippen molar-refractivity contribution in [1.82, 2.24) is 9.88 Å². The zero-order chi connectivity index (χ0) is 18.3. The number of nitrogens with zero attached hydrogens (tertiary/aromatic N) is 1. The third-order valence-electron chi connectivity index (χ3n) is 4.60. The quantitative estimate of drug-likeness (QED) is 0.616. The first-order valence-corrected chi connectivity index (χ1v) is 9.02. The molecule has 1 aromatic heterocycles. The molecule has 0 fully saturated rings. The van der Waals surface area contributed by atoms with Crippen LogP contribution in [0.15, 0.2) is 53.1 Å². The highest BCUT2D eigenvalue weighted by Gasteiger charge is 2.21. The minimum Gasteiger partial charge on any atom is -0.360 e. The van der Waals surface area contributed by atoms with Gasteiger partial charge < -0.3 is 9.88 Å². The molecule has 132 valence electrons. The number of carbonyl (C=O) groups excluding carboxylic acids is 1. The van der Waals surface area contributed by atoms with Crippen LogP contribution in [0, 0.1) is 11.6 Å². The second kappa shape index (κ2) is 6.68. The summed E-state index contributed by atoms with van der Waals surface area (Å²) in [6, 6.07) is 8.88. The standard InChI is InChI=1S/C20H15BrF2N2O/c21-14-7-13(8-16(23)9-14)20(26)25-5-3-12(4-6-25)18-11-24-19-10-15(22)1-2-17(18)19/h1-3,7-11,24H,4-6H2. The highest BCUT2D eigenvalue weighted by atomic mass is 79.9. The lowest BCUT2D eigenvalue weighted by Gasteiger charge is -2.26. The van der Waals surface area contributed by atoms with Crippen LogP contribution in [-0.4, -0.2) is 28.9 Å². The third-order valence-corrected chi connectivity index (χ3v) is 5.05. The highest BCUT2D eigenvalue weighted by Crippen LogP contribution is 2.30. The van der Waals surface area contributed by atoms with E-state index >= 15 is 0 Å². The van der Waals surface area contributed by atoms with Crippen LogP contribution >= 0.6 is 15.9 Å². The first-order chi connectivity index (χ1) is 12.5. The van der Waals surface area contributed by atoms with Crippen LogP contribution in [0.25, 0.3) is 16.5 Å². The van der Waals surface area contributed by atoms with E-state index in [0.717, 1.165) is 22.0 Å². The van der Waals surface area contributed by atoms with Crippen LogP contribution in [-0.2, 0) is 0 Å². The van der Waals surface area contributed by atoms with Gasteiger partial charge in [-0.25, -0.2) is 8.78 Å². The van der Waals surface area contributed by atoms with Crippen molar-refractivity contribution in [2.75, 3.05) is 13.1 Å². The number of fused-ring (bicyclic) bond motifs is 1. The van der Waals surface area contributed by atoms with Crippen molar-refractivity contribution in [2.45, 2.75) is 6.42 Å². The van der Waals surface area contributed by atoms with Crippen LogP contribution in [0.4, 0.5) is 8.78 Å². The number of aromatic nitrogens is 1. The molecular weight excluding hydrogens is 402 g/mol. The number of hydrogen-bond acceptors (Lipinski definition) is 1. The van der Waals surface area contributed by atoms with Crippen molar-refractivity contribution in [1.29, 1.82) is 0 Å². The molecule has 0 saturated carbocycles. The van der Waals surface area contributed by atoms with Crippen molar-refractivity contribution in [2.24, 2.45) is 0 Å². The van der Waals surface area contributed by atoms with Gasteiger partial charge in [0.1, 0.15) is 11.6 Å². The number of halogens is 3. The molecule has 0 unspecified atom stereocenters. The van der Waals surface area contributed by atoms with E-state index in [1.54, 1.807) is 17.0 Å². The molecule has 1 aliphatic rings. The third kappa shape index (κ3) is 3.17. The summed E-state index contributed by atoms with van der Waals surface area (Å²) >= 11 is 3.22. The predicted molar refractivity (Wildman–Crippen MR) is 101 cm³/mol. The molecule has 0 spiro atoms. The van der Waals surface area contributed by atoms with Gasteiger partial charge in [0.2, 0.25) is 0 Å². The fourth-order valence-electron chi connectivity index (χ4n) is 3.32. The summed E-state index contributed by atoms with van der Waals surface area (Å²) in [5, 5.41) is 0.964. The Morgan fingerprint density at radius 2 is 1.96 bits per heavy atom. The van der Waals surface area contributed by atoms with E-state index in [-0.39, 0.29) is 11.7 Å². The smallest absolute Gasteiger partial charge is 0.254 e. The van der Waals surface area contributed by atoms with Crippen molar-refractivity contribution in [3.63, 3.8) is 0 Å². The summed E-state index contributed by atoms with van der Waals surface area (Å²) in [5.41, 5.74) is 3.23. The molecule has 4 rings (SSSR count). The fraction of sp³-hybridized carbons (Fsp3) is 0.150. The summed E-state index contributed by atoms with van der Waals surface area (Å²) in [6.07, 6.45) is 4.56. The normalized spacial score (nSPS) is 14.6. The zero-order valence-corrected chi connectivity index (χ0v) is 15.3. The molecule has 6 heteroatoms. The van der Waals surface area contributed by atoms with Crippen LogP contribution in [0.1, 0.15) is 22.3 Å². The minimum absolute atomic E-state index is 0.193. The lowest BCUT2D eigenvalue weighted by atomic mass is 9.98. The molecule has 0 atom stereocenters. The van der Waals surface area contributed by atoms with Crippen LogP contribution in [0.2, 0.25) is 0 Å². The van der Waals surface area contributed by atoms with Gasteiger partial charge in [0, 0.05) is 45.8 Å². The number of H-pyrrole nitrogens is 1. The Morgan fingerprint density at radius 3 is 2.69 bits per heavy atom. The van der Waals surface area contributed by atoms with Gasteiger partial charge in [0.05, 0.1) is 0 Å². The van der Waals surface area contributed by atoms with Gasteiger partial charge >= 0.3 is 0 Å². The Morgan fingerprint density at radius 1 is 1.12 bits per heavy atom. The Hall–Kier alpha value is -2.47. The highest BCUT2D eigenvalue weighted by molar-refractivity contribution is 9.10. The van der Waals surface area contributed by atoms with Gasteiger partial charge in [0.25, 0.3) is 5.91 Å². The van der Waals surface area contributed by atoms with E-state index in [1.165, 1.54) is 24.3 Å². The molecular formula is C20H15BrF2N2O. The predicted octanol–water partition coefficient (Wildman–Crippen LogP) is 5.14. The average molecular weight is 417 g/mol. The maximum absolute atomic E-state index is 13.5. The van der Waals surface area contributed by atoms with Crippen molar-refractivity contribution in [3.8, 4) is 0 Å². The topological polar surface area (TPSA) is 36.1 Å². The molecule has 0 aliphatic carbocycles. The number of amides is 1. The maximum Gasteiger partial charge on any atom is 0.254 e. The Labute approximate surface area is 157 Å². The number of carbonyl (C=O) groups is 1. The summed E-state index contributed by atoms with van der Waals surface area (Å²) in [7, 11) is 0. The average Bonchev–Trinajstić information content (AvgIpc) is 3.03. The summed E-state index contributed by atoms with van der Waals surface area (Å²) < 4.78 is 27.4. The summed E-state index contributed by atoms with van der Waals surface area (Å²) in [6.45, 7) is 1.00. The molecule has 26 heavy (non-hydrogen) atoms. The monoisotopic (exact) mass is 416 g/mol. The summed E-state index contributed by atoms with van der Waals surface area (Å²) in [5.74, 6) is -0.912. The van der Waals surface area contributed by atoms with Gasteiger partial charge in [0.15, 0.2) is 0 Å². The molecule has 0 saturated heterocycles. The maximum atomic E-state index is 13.5. The second-order valence-corrected chi connectivity index (χ2v) is 7.20. The van der Waals surface area contributed by atoms with Gasteiger partial charge in [-0.3, -0.25) is 4.79 Å². The molecule has 0 bridgehead atoms. The van der Waals surface area contributed by atoms with E-state index in [2.05, 4.69) is 20.9 Å². The van der Waals surface area contributed by atoms with E-state index in [4.69, 9.17) is 0 Å². The Bertz CT molecular complexity index is 1020. The van der Waals surface area contributed by atoms with Gasteiger partial charge in [-0.05, 0) is 48.4 Å². The first kappa shape index (κ1) is 17.0. The van der Waals surface area contributed by atoms with E-state index in [0.29, 0.717) is 29.5 Å². The number of benzene rings is 2. The Balaban J connectivity index is 1.57. The number of hydrogen-bond donors (Lipinski definition) is 1. The molecule has 3 nitrogen and oxygen atoms in total. The van der Waals surface area contributed by atoms with Gasteiger partial charge in [-0.1, -0.05) is 22.0 Å². The fourth-order valence-corrected chi connectivity index (χ4v) is 3.79. The van der Waals surface area contributed by atoms with E-state index in [1.807, 2.05) is 12.3 Å². The molecule has 1 amide bonds. The van der Waals surface area contributed by atoms with E-state index in [9.17, 15) is 13.6 Å². The second-order valence-electron chi connectivity index (χ2n) is 6.28. The molecule has 2 heterocycles. The number of aromatic amines is 1. The largest absolute Gasteiger partial charge is 0.360 e. The molecule has 2 aromatic carbocycles. The lowest BCUT2D eigenvalue weighted by molar-refractivity contribution is 0.0772. The van der Waals surface area contributed by atoms with Gasteiger partial charge in [-0.15, -0.1) is 0 Å². The van der Waals surface area contributed by atoms with Crippen molar-refractivity contribution < 1.29 is 13.6 Å². The first-order valence-electron chi connectivity index (χ1n) is 8.23. The summed E-state index contributed by atoms with van der Waals surface area (Å²) in [4.78, 5) is 17.4. The molecule has 1 aliphatic heterocycles.